The molecule has 0 spiro atoms. The maximum atomic E-state index is 12.8. The highest BCUT2D eigenvalue weighted by atomic mass is 19.3. The second-order valence-corrected chi connectivity index (χ2v) is 5.60. The van der Waals surface area contributed by atoms with Crippen LogP contribution in [0.3, 0.4) is 0 Å². The fourth-order valence-electron chi connectivity index (χ4n) is 3.27. The largest absolute Gasteiger partial charge is 0.427 e. The second-order valence-electron chi connectivity index (χ2n) is 5.60. The van der Waals surface area contributed by atoms with Crippen LogP contribution >= 0.6 is 0 Å². The number of halogens is 2. The van der Waals surface area contributed by atoms with E-state index in [1.165, 1.54) is 12.1 Å². The number of benzene rings is 1. The average Bonchev–Trinajstić information content (AvgIpc) is 2.89. The molecule has 2 aliphatic rings. The van der Waals surface area contributed by atoms with Gasteiger partial charge in [0, 0.05) is 37.0 Å². The third-order valence-corrected chi connectivity index (χ3v) is 4.29. The number of piperidine rings is 1. The van der Waals surface area contributed by atoms with Crippen molar-refractivity contribution in [3.8, 4) is 5.75 Å². The molecular weight excluding hydrogens is 296 g/mol. The van der Waals surface area contributed by atoms with Crippen LogP contribution in [0, 0.1) is 16.0 Å². The molecule has 0 radical (unpaired) electrons. The number of alkyl halides is 2. The standard InChI is InChI=1S/C14H17F2N3O3/c15-14(16)22-13-6-10(3-4-12(13)19(20)21)18-7-9-2-1-5-17-11(9)8-18/h3-4,6,9,11,14,17H,1-2,5,7-8H2/i14D. The molecule has 22 heavy (non-hydrogen) atoms. The summed E-state index contributed by atoms with van der Waals surface area (Å²) < 4.78 is 36.3. The van der Waals surface area contributed by atoms with E-state index < -0.39 is 22.9 Å². The normalized spacial score (nSPS) is 25.5. The first-order valence-electron chi connectivity index (χ1n) is 7.67. The summed E-state index contributed by atoms with van der Waals surface area (Å²) in [6, 6.07) is 4.25. The van der Waals surface area contributed by atoms with E-state index in [0.29, 0.717) is 17.6 Å². The molecule has 2 aliphatic heterocycles. The van der Waals surface area contributed by atoms with E-state index in [2.05, 4.69) is 10.1 Å². The average molecular weight is 314 g/mol. The lowest BCUT2D eigenvalue weighted by atomic mass is 9.94. The Kier molecular flexibility index (Phi) is 3.75. The van der Waals surface area contributed by atoms with Crippen LogP contribution in [-0.4, -0.2) is 37.2 Å². The van der Waals surface area contributed by atoms with Crippen molar-refractivity contribution in [1.29, 1.82) is 0 Å². The van der Waals surface area contributed by atoms with Gasteiger partial charge in [-0.3, -0.25) is 10.1 Å². The first kappa shape index (κ1) is 13.7. The van der Waals surface area contributed by atoms with Crippen LogP contribution in [0.4, 0.5) is 20.2 Å². The summed E-state index contributed by atoms with van der Waals surface area (Å²) in [6.45, 7) is -1.76. The van der Waals surface area contributed by atoms with Crippen LogP contribution in [0.25, 0.3) is 0 Å². The van der Waals surface area contributed by atoms with Crippen molar-refractivity contribution >= 4 is 11.4 Å². The van der Waals surface area contributed by atoms with E-state index in [1.54, 1.807) is 0 Å². The molecule has 8 heteroatoms. The van der Waals surface area contributed by atoms with Crippen LogP contribution in [0.1, 0.15) is 14.2 Å². The molecule has 2 fully saturated rings. The van der Waals surface area contributed by atoms with Crippen molar-refractivity contribution < 1.29 is 19.8 Å². The lowest BCUT2D eigenvalue weighted by Crippen LogP contribution is -2.40. The van der Waals surface area contributed by atoms with Crippen LogP contribution in [0.5, 0.6) is 5.75 Å². The zero-order valence-electron chi connectivity index (χ0n) is 12.8. The van der Waals surface area contributed by atoms with Crippen molar-refractivity contribution in [1.82, 2.24) is 5.32 Å². The van der Waals surface area contributed by atoms with Crippen molar-refractivity contribution in [3.05, 3.63) is 28.3 Å². The smallest absolute Gasteiger partial charge is 0.387 e. The fraction of sp³-hybridized carbons (Fsp3) is 0.571. The molecule has 6 nitrogen and oxygen atoms in total. The highest BCUT2D eigenvalue weighted by Gasteiger charge is 2.34. The number of nitrogens with one attached hydrogen (secondary N) is 1. The molecular formula is C14H17F2N3O3. The number of hydrogen-bond donors (Lipinski definition) is 1. The SMILES string of the molecule is [2H]C(F)(F)Oc1cc(N2CC3CCCNC3C2)ccc1[N+](=O)[O-]. The van der Waals surface area contributed by atoms with Gasteiger partial charge in [0.25, 0.3) is 0 Å². The van der Waals surface area contributed by atoms with Gasteiger partial charge < -0.3 is 15.0 Å². The zero-order valence-corrected chi connectivity index (χ0v) is 11.8. The number of rotatable bonds is 4. The Morgan fingerprint density at radius 2 is 2.32 bits per heavy atom. The number of ether oxygens (including phenoxy) is 1. The molecule has 3 rings (SSSR count). The molecule has 0 saturated carbocycles. The van der Waals surface area contributed by atoms with Gasteiger partial charge in [-0.05, 0) is 31.4 Å². The van der Waals surface area contributed by atoms with E-state index in [4.69, 9.17) is 1.37 Å². The van der Waals surface area contributed by atoms with Crippen molar-refractivity contribution in [2.24, 2.45) is 5.92 Å². The van der Waals surface area contributed by atoms with Gasteiger partial charge >= 0.3 is 12.3 Å². The van der Waals surface area contributed by atoms with Crippen molar-refractivity contribution in [2.45, 2.75) is 25.5 Å². The maximum Gasteiger partial charge on any atom is 0.387 e. The molecule has 2 saturated heterocycles. The Bertz CT molecular complexity index is 597. The fourth-order valence-corrected chi connectivity index (χ4v) is 3.27. The Morgan fingerprint density at radius 1 is 1.50 bits per heavy atom. The van der Waals surface area contributed by atoms with Crippen LogP contribution in [-0.2, 0) is 0 Å². The lowest BCUT2D eigenvalue weighted by molar-refractivity contribution is -0.386. The monoisotopic (exact) mass is 314 g/mol. The summed E-state index contributed by atoms with van der Waals surface area (Å²) in [5, 5.41) is 14.4. The van der Waals surface area contributed by atoms with Gasteiger partial charge in [0.15, 0.2) is 1.37 Å². The highest BCUT2D eigenvalue weighted by Crippen LogP contribution is 2.35. The molecule has 0 aliphatic carbocycles. The topological polar surface area (TPSA) is 67.6 Å². The summed E-state index contributed by atoms with van der Waals surface area (Å²) in [6.07, 6.45) is 2.21. The summed E-state index contributed by atoms with van der Waals surface area (Å²) in [4.78, 5) is 12.2. The summed E-state index contributed by atoms with van der Waals surface area (Å²) >= 11 is 0. The van der Waals surface area contributed by atoms with E-state index >= 15 is 0 Å². The Hall–Kier alpha value is -1.96. The van der Waals surface area contributed by atoms with Gasteiger partial charge in [-0.2, -0.15) is 8.78 Å². The Morgan fingerprint density at radius 3 is 3.00 bits per heavy atom. The van der Waals surface area contributed by atoms with Gasteiger partial charge in [0.1, 0.15) is 0 Å². The first-order chi connectivity index (χ1) is 10.8. The number of nitrogens with zero attached hydrogens (tertiary/aromatic N) is 2. The van der Waals surface area contributed by atoms with Crippen LogP contribution in [0.2, 0.25) is 0 Å². The summed E-state index contributed by atoms with van der Waals surface area (Å²) in [5.74, 6) is -0.101. The molecule has 0 aromatic heterocycles. The minimum atomic E-state index is -4.22. The molecule has 1 N–H and O–H groups in total. The minimum Gasteiger partial charge on any atom is -0.427 e. The number of hydrogen-bond acceptors (Lipinski definition) is 5. The van der Waals surface area contributed by atoms with Gasteiger partial charge in [-0.1, -0.05) is 0 Å². The number of anilines is 1. The third kappa shape index (κ3) is 2.96. The predicted octanol–water partition coefficient (Wildman–Crippen LogP) is 2.38. The molecule has 1 aromatic rings. The third-order valence-electron chi connectivity index (χ3n) is 4.29. The summed E-state index contributed by atoms with van der Waals surface area (Å²) in [5.41, 5.74) is 0.0152. The van der Waals surface area contributed by atoms with Gasteiger partial charge in [-0.15, -0.1) is 0 Å². The van der Waals surface area contributed by atoms with Gasteiger partial charge in [-0.25, -0.2) is 0 Å². The quantitative estimate of drug-likeness (QED) is 0.683. The lowest BCUT2D eigenvalue weighted by Gasteiger charge is -2.24. The highest BCUT2D eigenvalue weighted by molar-refractivity contribution is 5.60. The number of fused-ring (bicyclic) bond motifs is 1. The van der Waals surface area contributed by atoms with Gasteiger partial charge in [0.05, 0.1) is 4.92 Å². The molecule has 1 aromatic carbocycles. The van der Waals surface area contributed by atoms with E-state index in [9.17, 15) is 18.9 Å². The number of nitro groups is 1. The Balaban J connectivity index is 1.85. The molecule has 2 unspecified atom stereocenters. The summed E-state index contributed by atoms with van der Waals surface area (Å²) in [7, 11) is 0. The minimum absolute atomic E-state index is 0.348. The molecule has 0 amide bonds. The van der Waals surface area contributed by atoms with Crippen molar-refractivity contribution in [2.75, 3.05) is 24.5 Å². The molecule has 120 valence electrons. The van der Waals surface area contributed by atoms with Gasteiger partial charge in [0.2, 0.25) is 5.75 Å². The Labute approximate surface area is 127 Å². The first-order valence-corrected chi connectivity index (χ1v) is 7.17. The predicted molar refractivity (Wildman–Crippen MR) is 76.5 cm³/mol. The molecule has 0 bridgehead atoms. The molecule has 2 atom stereocenters. The maximum absolute atomic E-state index is 12.8. The zero-order chi connectivity index (χ0) is 16.6. The van der Waals surface area contributed by atoms with Crippen LogP contribution in [0.15, 0.2) is 18.2 Å². The van der Waals surface area contributed by atoms with E-state index in [0.717, 1.165) is 38.5 Å². The molecule has 2 heterocycles. The van der Waals surface area contributed by atoms with E-state index in [1.807, 2.05) is 4.90 Å². The van der Waals surface area contributed by atoms with Crippen LogP contribution < -0.4 is 15.0 Å². The number of nitro benzene ring substituents is 1. The second kappa shape index (κ2) is 6.04. The van der Waals surface area contributed by atoms with E-state index in [-0.39, 0.29) is 0 Å². The van der Waals surface area contributed by atoms with Crippen molar-refractivity contribution in [3.63, 3.8) is 0 Å².